The molecule has 0 aliphatic carbocycles. The second kappa shape index (κ2) is 8.09. The Labute approximate surface area is 193 Å². The number of carbonyl (C=O) groups excluding carboxylic acids is 1. The molecular weight excluding hydrogens is 442 g/mol. The number of pyridine rings is 1. The quantitative estimate of drug-likeness (QED) is 0.365. The second-order valence-electron chi connectivity index (χ2n) is 8.15. The van der Waals surface area contributed by atoms with Crippen molar-refractivity contribution in [2.45, 2.75) is 32.0 Å². The Morgan fingerprint density at radius 1 is 1.15 bits per heavy atom. The van der Waals surface area contributed by atoms with Crippen LogP contribution >= 0.6 is 11.6 Å². The summed E-state index contributed by atoms with van der Waals surface area (Å²) >= 11 is 6.56. The van der Waals surface area contributed by atoms with Gasteiger partial charge in [-0.3, -0.25) is 4.79 Å². The minimum atomic E-state index is -0.102. The minimum Gasteiger partial charge on any atom is -0.356 e. The maximum Gasteiger partial charge on any atom is 0.151 e. The van der Waals surface area contributed by atoms with Crippen LogP contribution in [-0.2, 0) is 11.3 Å². The van der Waals surface area contributed by atoms with Crippen LogP contribution in [0, 0.1) is 0 Å². The highest BCUT2D eigenvalue weighted by Crippen LogP contribution is 2.35. The molecular formula is C23H20ClN7O2. The Hall–Kier alpha value is -3.56. The fourth-order valence-electron chi connectivity index (χ4n) is 4.35. The van der Waals surface area contributed by atoms with E-state index in [9.17, 15) is 4.79 Å². The van der Waals surface area contributed by atoms with Gasteiger partial charge in [-0.25, -0.2) is 14.3 Å². The highest BCUT2D eigenvalue weighted by molar-refractivity contribution is 6.35. The summed E-state index contributed by atoms with van der Waals surface area (Å²) in [6.07, 6.45) is 11.2. The summed E-state index contributed by atoms with van der Waals surface area (Å²) in [5, 5.41) is 14.8. The standard InChI is InChI=1S/C23H20ClN7O2/c24-19-6-5-17(18-9-25-31(23(18)19)22-3-1-2-8-33-22)20-13-30(28-27-20)12-16-11-29-10-15(14-32)4-7-21(29)26-16/h4-7,9-11,13-14,22H,1-3,8,12H2. The SMILES string of the molecule is O=Cc1ccc2nc(Cn3cc(-c4ccc(Cl)c5c4cnn5C4CCCCO4)nn3)cn2c1. The zero-order valence-electron chi connectivity index (χ0n) is 17.6. The zero-order valence-corrected chi connectivity index (χ0v) is 18.4. The van der Waals surface area contributed by atoms with Crippen molar-refractivity contribution in [3.8, 4) is 11.3 Å². The molecule has 5 heterocycles. The fourth-order valence-corrected chi connectivity index (χ4v) is 4.60. The third kappa shape index (κ3) is 3.59. The van der Waals surface area contributed by atoms with Crippen molar-refractivity contribution in [2.24, 2.45) is 0 Å². The number of rotatable bonds is 5. The third-order valence-corrected chi connectivity index (χ3v) is 6.24. The average molecular weight is 462 g/mol. The molecule has 0 saturated carbocycles. The van der Waals surface area contributed by atoms with Crippen LogP contribution < -0.4 is 0 Å². The molecule has 6 rings (SSSR count). The highest BCUT2D eigenvalue weighted by atomic mass is 35.5. The van der Waals surface area contributed by atoms with Crippen molar-refractivity contribution < 1.29 is 9.53 Å². The summed E-state index contributed by atoms with van der Waals surface area (Å²) in [5.74, 6) is 0. The molecule has 166 valence electrons. The lowest BCUT2D eigenvalue weighted by atomic mass is 10.1. The number of imidazole rings is 1. The van der Waals surface area contributed by atoms with Gasteiger partial charge in [-0.1, -0.05) is 22.9 Å². The van der Waals surface area contributed by atoms with Crippen LogP contribution in [0.25, 0.3) is 27.8 Å². The Balaban J connectivity index is 1.32. The number of aldehydes is 1. The normalized spacial score (nSPS) is 16.6. The first-order valence-corrected chi connectivity index (χ1v) is 11.2. The number of benzene rings is 1. The first kappa shape index (κ1) is 20.1. The lowest BCUT2D eigenvalue weighted by molar-refractivity contribution is -0.0366. The lowest BCUT2D eigenvalue weighted by Crippen LogP contribution is -2.19. The van der Waals surface area contributed by atoms with E-state index in [0.717, 1.165) is 65.7 Å². The van der Waals surface area contributed by atoms with Gasteiger partial charge in [0.1, 0.15) is 11.3 Å². The molecule has 1 aliphatic heterocycles. The van der Waals surface area contributed by atoms with Gasteiger partial charge in [-0.15, -0.1) is 5.10 Å². The Morgan fingerprint density at radius 3 is 2.94 bits per heavy atom. The van der Waals surface area contributed by atoms with E-state index in [1.165, 1.54) is 0 Å². The monoisotopic (exact) mass is 461 g/mol. The molecule has 0 N–H and O–H groups in total. The molecule has 1 saturated heterocycles. The Morgan fingerprint density at radius 2 is 2.09 bits per heavy atom. The molecule has 4 aromatic heterocycles. The molecule has 10 heteroatoms. The number of hydrogen-bond acceptors (Lipinski definition) is 6. The van der Waals surface area contributed by atoms with Gasteiger partial charge in [0, 0.05) is 35.5 Å². The number of ether oxygens (including phenoxy) is 1. The van der Waals surface area contributed by atoms with Crippen molar-refractivity contribution >= 4 is 34.4 Å². The largest absolute Gasteiger partial charge is 0.356 e. The van der Waals surface area contributed by atoms with Gasteiger partial charge in [0.05, 0.1) is 35.2 Å². The van der Waals surface area contributed by atoms with Crippen molar-refractivity contribution in [3.63, 3.8) is 0 Å². The van der Waals surface area contributed by atoms with Crippen LogP contribution in [0.15, 0.2) is 49.1 Å². The summed E-state index contributed by atoms with van der Waals surface area (Å²) in [7, 11) is 0. The highest BCUT2D eigenvalue weighted by Gasteiger charge is 2.22. The van der Waals surface area contributed by atoms with Crippen LogP contribution in [0.2, 0.25) is 5.02 Å². The molecule has 0 amide bonds. The topological polar surface area (TPSA) is 92.1 Å². The zero-order chi connectivity index (χ0) is 22.4. The Bertz CT molecular complexity index is 1480. The van der Waals surface area contributed by atoms with E-state index in [1.807, 2.05) is 45.9 Å². The first-order valence-electron chi connectivity index (χ1n) is 10.8. The van der Waals surface area contributed by atoms with Gasteiger partial charge in [-0.05, 0) is 37.5 Å². The second-order valence-corrected chi connectivity index (χ2v) is 8.55. The number of nitrogens with zero attached hydrogens (tertiary/aromatic N) is 7. The summed E-state index contributed by atoms with van der Waals surface area (Å²) in [4.78, 5) is 15.6. The van der Waals surface area contributed by atoms with E-state index < -0.39 is 0 Å². The molecule has 0 bridgehead atoms. The van der Waals surface area contributed by atoms with Crippen LogP contribution in [0.1, 0.15) is 41.5 Å². The van der Waals surface area contributed by atoms with Crippen molar-refractivity contribution in [2.75, 3.05) is 6.61 Å². The van der Waals surface area contributed by atoms with Crippen LogP contribution in [0.3, 0.4) is 0 Å². The van der Waals surface area contributed by atoms with Crippen LogP contribution in [0.5, 0.6) is 0 Å². The Kier molecular flexibility index (Phi) is 4.92. The first-order chi connectivity index (χ1) is 16.2. The van der Waals surface area contributed by atoms with Crippen molar-refractivity contribution in [1.29, 1.82) is 0 Å². The number of hydrogen-bond donors (Lipinski definition) is 0. The van der Waals surface area contributed by atoms with Crippen molar-refractivity contribution in [1.82, 2.24) is 34.2 Å². The molecule has 33 heavy (non-hydrogen) atoms. The number of carbonyl (C=O) groups is 1. The molecule has 0 spiro atoms. The predicted molar refractivity (Wildman–Crippen MR) is 122 cm³/mol. The van der Waals surface area contributed by atoms with E-state index in [2.05, 4.69) is 20.4 Å². The van der Waals surface area contributed by atoms with E-state index >= 15 is 0 Å². The maximum absolute atomic E-state index is 11.0. The van der Waals surface area contributed by atoms with E-state index in [4.69, 9.17) is 16.3 Å². The molecule has 5 aromatic rings. The van der Waals surface area contributed by atoms with Gasteiger partial charge in [0.2, 0.25) is 0 Å². The summed E-state index contributed by atoms with van der Waals surface area (Å²) < 4.78 is 11.4. The molecule has 1 fully saturated rings. The van der Waals surface area contributed by atoms with Crippen LogP contribution in [0.4, 0.5) is 0 Å². The lowest BCUT2D eigenvalue weighted by Gasteiger charge is -2.23. The van der Waals surface area contributed by atoms with Gasteiger partial charge < -0.3 is 9.14 Å². The number of aromatic nitrogens is 7. The summed E-state index contributed by atoms with van der Waals surface area (Å²) in [6.45, 7) is 1.19. The molecule has 1 aliphatic rings. The summed E-state index contributed by atoms with van der Waals surface area (Å²) in [6, 6.07) is 7.37. The van der Waals surface area contributed by atoms with E-state index in [0.29, 0.717) is 17.1 Å². The number of halogens is 1. The predicted octanol–water partition coefficient (Wildman–Crippen LogP) is 4.16. The molecule has 0 radical (unpaired) electrons. The molecule has 1 aromatic carbocycles. The molecule has 9 nitrogen and oxygen atoms in total. The third-order valence-electron chi connectivity index (χ3n) is 5.94. The average Bonchev–Trinajstić information content (AvgIpc) is 3.58. The van der Waals surface area contributed by atoms with Crippen LogP contribution in [-0.4, -0.2) is 47.1 Å². The minimum absolute atomic E-state index is 0.102. The molecule has 1 unspecified atom stereocenters. The van der Waals surface area contributed by atoms with Gasteiger partial charge in [-0.2, -0.15) is 5.10 Å². The van der Waals surface area contributed by atoms with Crippen molar-refractivity contribution in [3.05, 3.63) is 65.3 Å². The smallest absolute Gasteiger partial charge is 0.151 e. The van der Waals surface area contributed by atoms with E-state index in [-0.39, 0.29) is 6.23 Å². The van der Waals surface area contributed by atoms with Gasteiger partial charge in [0.25, 0.3) is 0 Å². The van der Waals surface area contributed by atoms with Gasteiger partial charge >= 0.3 is 0 Å². The summed E-state index contributed by atoms with van der Waals surface area (Å²) in [5.41, 5.74) is 4.68. The maximum atomic E-state index is 11.0. The van der Waals surface area contributed by atoms with Gasteiger partial charge in [0.15, 0.2) is 12.5 Å². The molecule has 1 atom stereocenters. The number of fused-ring (bicyclic) bond motifs is 2. The fraction of sp³-hybridized carbons (Fsp3) is 0.261. The van der Waals surface area contributed by atoms with E-state index in [1.54, 1.807) is 16.9 Å².